The minimum Gasteiger partial charge on any atom is -0.390 e. The second-order valence-electron chi connectivity index (χ2n) is 15.0. The van der Waals surface area contributed by atoms with E-state index in [1.54, 1.807) is 0 Å². The van der Waals surface area contributed by atoms with Crippen LogP contribution in [0.15, 0.2) is 11.6 Å². The normalized spacial score (nSPS) is 37.0. The molecule has 4 aliphatic carbocycles. The first-order chi connectivity index (χ1) is 20.0. The predicted octanol–water partition coefficient (Wildman–Crippen LogP) is 9.34. The highest BCUT2D eigenvalue weighted by Crippen LogP contribution is 2.69. The topological polar surface area (TPSA) is 54.4 Å². The summed E-state index contributed by atoms with van der Waals surface area (Å²) in [6, 6.07) is 0. The van der Waals surface area contributed by atoms with Crippen LogP contribution in [0.2, 0.25) is 0 Å². The van der Waals surface area contributed by atoms with Crippen LogP contribution in [0.3, 0.4) is 0 Å². The summed E-state index contributed by atoms with van der Waals surface area (Å²) in [6.45, 7) is 6.80. The van der Waals surface area contributed by atoms with E-state index in [1.807, 2.05) is 6.08 Å². The summed E-state index contributed by atoms with van der Waals surface area (Å²) in [5, 5.41) is 11.4. The lowest BCUT2D eigenvalue weighted by atomic mass is 9.44. The number of hydrogen-bond acceptors (Lipinski definition) is 3. The van der Waals surface area contributed by atoms with Gasteiger partial charge in [0.25, 0.3) is 0 Å². The number of fused-ring (bicyclic) bond motifs is 5. The van der Waals surface area contributed by atoms with Gasteiger partial charge < -0.3 is 5.11 Å². The number of allylic oxidation sites excluding steroid dienone is 1. The Morgan fingerprint density at radius 2 is 1.47 bits per heavy atom. The van der Waals surface area contributed by atoms with E-state index < -0.39 is 41.3 Å². The van der Waals surface area contributed by atoms with Gasteiger partial charge in [-0.25, -0.2) is 0 Å². The molecule has 0 aromatic rings. The van der Waals surface area contributed by atoms with Crippen molar-refractivity contribution < 1.29 is 36.1 Å². The Morgan fingerprint density at radius 3 is 2.14 bits per heavy atom. The summed E-state index contributed by atoms with van der Waals surface area (Å²) in [4.78, 5) is 12.4. The molecule has 0 radical (unpaired) electrons. The molecule has 9 heteroatoms. The highest BCUT2D eigenvalue weighted by Gasteiger charge is 2.64. The largest absolute Gasteiger partial charge is 0.453 e. The zero-order valence-electron chi connectivity index (χ0n) is 26.4. The Morgan fingerprint density at radius 1 is 0.860 bits per heavy atom. The van der Waals surface area contributed by atoms with Crippen molar-refractivity contribution in [2.45, 2.75) is 148 Å². The van der Waals surface area contributed by atoms with Crippen molar-refractivity contribution in [1.29, 1.82) is 0 Å². The van der Waals surface area contributed by atoms with Gasteiger partial charge in [-0.15, -0.1) is 0 Å². The van der Waals surface area contributed by atoms with Gasteiger partial charge in [-0.3, -0.25) is 9.00 Å². The van der Waals surface area contributed by atoms with E-state index in [9.17, 15) is 36.1 Å². The van der Waals surface area contributed by atoms with Crippen molar-refractivity contribution in [2.24, 2.45) is 34.5 Å². The standard InChI is InChI=1S/C34H53F5O3S/c1-30-17-13-26(40)23-25(30)22-24(29-27(30)14-18-31(2)28(29)15-19-32(31,3)41)12-9-7-5-4-6-8-10-20-43(42)21-11-16-33(35,36)34(37,38)39/h23-24,27-29,41H,4-22H2,1-3H3/t24?,27?,28?,29?,30-,31-,32-,43?/m0/s1. The van der Waals surface area contributed by atoms with E-state index in [4.69, 9.17) is 0 Å². The van der Waals surface area contributed by atoms with Gasteiger partial charge in [0.05, 0.1) is 5.60 Å². The number of carbonyl (C=O) groups excluding carboxylic acids is 1. The third-order valence-electron chi connectivity index (χ3n) is 12.4. The average molecular weight is 637 g/mol. The smallest absolute Gasteiger partial charge is 0.390 e. The van der Waals surface area contributed by atoms with Gasteiger partial charge in [0.15, 0.2) is 5.78 Å². The molecule has 0 amide bonds. The molecule has 0 aromatic carbocycles. The van der Waals surface area contributed by atoms with Crippen LogP contribution in [0.5, 0.6) is 0 Å². The Labute approximate surface area is 257 Å². The third kappa shape index (κ3) is 7.44. The van der Waals surface area contributed by atoms with Gasteiger partial charge in [0.2, 0.25) is 0 Å². The summed E-state index contributed by atoms with van der Waals surface area (Å²) in [5.41, 5.74) is 0.852. The van der Waals surface area contributed by atoms with E-state index in [1.165, 1.54) is 5.57 Å². The molecular weight excluding hydrogens is 583 g/mol. The van der Waals surface area contributed by atoms with E-state index in [0.717, 1.165) is 83.5 Å². The van der Waals surface area contributed by atoms with E-state index in [-0.39, 0.29) is 22.4 Å². The van der Waals surface area contributed by atoms with Gasteiger partial charge in [0, 0.05) is 35.1 Å². The lowest BCUT2D eigenvalue weighted by Crippen LogP contribution is -2.56. The summed E-state index contributed by atoms with van der Waals surface area (Å²) in [7, 11) is -1.36. The molecule has 0 aromatic heterocycles. The van der Waals surface area contributed by atoms with E-state index in [0.29, 0.717) is 42.3 Å². The van der Waals surface area contributed by atoms with Crippen LogP contribution in [0.1, 0.15) is 130 Å². The van der Waals surface area contributed by atoms with Crippen molar-refractivity contribution >= 4 is 16.6 Å². The fraction of sp³-hybridized carbons (Fsp3) is 0.912. The molecule has 0 spiro atoms. The third-order valence-corrected chi connectivity index (χ3v) is 13.9. The molecule has 43 heavy (non-hydrogen) atoms. The monoisotopic (exact) mass is 636 g/mol. The molecule has 5 unspecified atom stereocenters. The highest BCUT2D eigenvalue weighted by atomic mass is 32.2. The second-order valence-corrected chi connectivity index (χ2v) is 16.7. The number of carbonyl (C=O) groups is 1. The zero-order valence-corrected chi connectivity index (χ0v) is 27.2. The summed E-state index contributed by atoms with van der Waals surface area (Å²) in [6.07, 6.45) is 9.78. The lowest BCUT2D eigenvalue weighted by molar-refractivity contribution is -0.284. The number of rotatable bonds is 14. The fourth-order valence-electron chi connectivity index (χ4n) is 9.50. The first-order valence-electron chi connectivity index (χ1n) is 16.8. The molecule has 0 saturated heterocycles. The lowest BCUT2D eigenvalue weighted by Gasteiger charge is -2.61. The molecule has 4 aliphatic rings. The maximum absolute atomic E-state index is 13.0. The number of aliphatic hydroxyl groups is 1. The van der Waals surface area contributed by atoms with Crippen molar-refractivity contribution in [2.75, 3.05) is 11.5 Å². The van der Waals surface area contributed by atoms with Gasteiger partial charge >= 0.3 is 12.1 Å². The molecule has 3 saturated carbocycles. The molecule has 3 fully saturated rings. The Bertz CT molecular complexity index is 1040. The Balaban J connectivity index is 1.19. The number of halogens is 5. The van der Waals surface area contributed by atoms with Crippen LogP contribution in [-0.2, 0) is 15.6 Å². The van der Waals surface area contributed by atoms with Crippen LogP contribution < -0.4 is 0 Å². The Kier molecular flexibility index (Phi) is 11.0. The van der Waals surface area contributed by atoms with Gasteiger partial charge in [0.1, 0.15) is 0 Å². The second kappa shape index (κ2) is 13.5. The quantitative estimate of drug-likeness (QED) is 0.153. The minimum atomic E-state index is -5.54. The van der Waals surface area contributed by atoms with Crippen LogP contribution in [0.25, 0.3) is 0 Å². The van der Waals surface area contributed by atoms with Crippen molar-refractivity contribution in [1.82, 2.24) is 0 Å². The van der Waals surface area contributed by atoms with Crippen molar-refractivity contribution in [3.05, 3.63) is 11.6 Å². The molecule has 4 rings (SSSR count). The number of hydrogen-bond donors (Lipinski definition) is 1. The maximum atomic E-state index is 13.0. The molecule has 0 heterocycles. The first-order valence-corrected chi connectivity index (χ1v) is 18.3. The zero-order chi connectivity index (χ0) is 31.7. The van der Waals surface area contributed by atoms with Crippen LogP contribution in [0, 0.1) is 34.5 Å². The van der Waals surface area contributed by atoms with Crippen LogP contribution >= 0.6 is 0 Å². The van der Waals surface area contributed by atoms with E-state index >= 15 is 0 Å². The fourth-order valence-corrected chi connectivity index (χ4v) is 10.7. The molecule has 248 valence electrons. The average Bonchev–Trinajstić information content (AvgIpc) is 3.16. The molecule has 8 atom stereocenters. The van der Waals surface area contributed by atoms with Crippen molar-refractivity contribution in [3.8, 4) is 0 Å². The number of ketones is 1. The molecule has 1 N–H and O–H groups in total. The maximum Gasteiger partial charge on any atom is 0.453 e. The van der Waals surface area contributed by atoms with E-state index in [2.05, 4.69) is 20.8 Å². The van der Waals surface area contributed by atoms with Crippen molar-refractivity contribution in [3.63, 3.8) is 0 Å². The minimum absolute atomic E-state index is 0.0354. The van der Waals surface area contributed by atoms with Gasteiger partial charge in [-0.2, -0.15) is 22.0 Å². The summed E-state index contributed by atoms with van der Waals surface area (Å²) in [5.74, 6) is -1.91. The predicted molar refractivity (Wildman–Crippen MR) is 161 cm³/mol. The number of alkyl halides is 5. The molecule has 3 nitrogen and oxygen atoms in total. The molecule has 0 aliphatic heterocycles. The van der Waals surface area contributed by atoms with Crippen LogP contribution in [-0.4, -0.2) is 44.3 Å². The highest BCUT2D eigenvalue weighted by molar-refractivity contribution is 7.84. The Hall–Kier alpha value is -0.830. The first kappa shape index (κ1) is 35.0. The summed E-state index contributed by atoms with van der Waals surface area (Å²) < 4.78 is 74.7. The molecule has 0 bridgehead atoms. The molecular formula is C34H53F5O3S. The van der Waals surface area contributed by atoms with Crippen LogP contribution in [0.4, 0.5) is 22.0 Å². The SMILES string of the molecule is C[C@]12CCC(=O)C=C1CC(CCCCCCCCCS(=O)CCCC(F)(F)C(F)(F)F)C1C2CC[C@@]2(C)C1CC[C@]2(C)O. The van der Waals surface area contributed by atoms with Gasteiger partial charge in [-0.05, 0) is 105 Å². The summed E-state index contributed by atoms with van der Waals surface area (Å²) >= 11 is 0. The number of unbranched alkanes of at least 4 members (excludes halogenated alkanes) is 6. The van der Waals surface area contributed by atoms with Gasteiger partial charge in [-0.1, -0.05) is 57.9 Å².